The molecule has 2 heterocycles. The monoisotopic (exact) mass is 608 g/mol. The van der Waals surface area contributed by atoms with Gasteiger partial charge in [-0.25, -0.2) is 9.97 Å². The summed E-state index contributed by atoms with van der Waals surface area (Å²) in [7, 11) is 0. The Balaban J connectivity index is 1.10. The third-order valence-electron chi connectivity index (χ3n) is 11.6. The first-order valence-corrected chi connectivity index (χ1v) is 17.2. The molecule has 228 valence electrons. The second-order valence-electron chi connectivity index (χ2n) is 14.5. The number of hydrogen-bond donors (Lipinski definition) is 0. The van der Waals surface area contributed by atoms with Gasteiger partial charge in [0.1, 0.15) is 5.52 Å². The quantitative estimate of drug-likeness (QED) is 0.195. The summed E-state index contributed by atoms with van der Waals surface area (Å²) in [4.78, 5) is 9.68. The molecular formula is C44H36N2O. The zero-order chi connectivity index (χ0) is 31.0. The number of hydrogen-bond acceptors (Lipinski definition) is 3. The van der Waals surface area contributed by atoms with Crippen LogP contribution in [0.3, 0.4) is 0 Å². The molecule has 4 fully saturated rings. The van der Waals surface area contributed by atoms with Crippen LogP contribution in [-0.4, -0.2) is 9.97 Å². The first kappa shape index (κ1) is 27.1. The lowest BCUT2D eigenvalue weighted by atomic mass is 9.48. The second kappa shape index (κ2) is 10.5. The van der Waals surface area contributed by atoms with E-state index in [9.17, 15) is 0 Å². The average molecular weight is 609 g/mol. The van der Waals surface area contributed by atoms with E-state index in [0.717, 1.165) is 56.9 Å². The number of rotatable bonds is 5. The van der Waals surface area contributed by atoms with Gasteiger partial charge in [0, 0.05) is 16.7 Å². The number of aromatic nitrogens is 2. The molecular weight excluding hydrogens is 572 g/mol. The van der Waals surface area contributed by atoms with Gasteiger partial charge in [0.2, 0.25) is 0 Å². The van der Waals surface area contributed by atoms with Gasteiger partial charge in [-0.2, -0.15) is 0 Å². The number of fused-ring (bicyclic) bond motifs is 2. The highest BCUT2D eigenvalue weighted by atomic mass is 16.3. The number of pyridine rings is 1. The Morgan fingerprint density at radius 3 is 1.85 bits per heavy atom. The van der Waals surface area contributed by atoms with Crippen molar-refractivity contribution >= 4 is 21.9 Å². The van der Waals surface area contributed by atoms with Crippen LogP contribution in [0.15, 0.2) is 132 Å². The minimum atomic E-state index is 0.397. The van der Waals surface area contributed by atoms with Crippen LogP contribution in [0.25, 0.3) is 66.6 Å². The molecule has 0 atom stereocenters. The van der Waals surface area contributed by atoms with Gasteiger partial charge in [0.15, 0.2) is 12.0 Å². The molecule has 0 amide bonds. The molecule has 4 saturated carbocycles. The number of nitrogens with zero attached hydrogens (tertiary/aromatic N) is 2. The van der Waals surface area contributed by atoms with Crippen LogP contribution in [-0.2, 0) is 5.41 Å². The predicted molar refractivity (Wildman–Crippen MR) is 191 cm³/mol. The molecule has 0 spiro atoms. The number of para-hydroxylation sites is 1. The highest BCUT2D eigenvalue weighted by Gasteiger charge is 2.51. The zero-order valence-electron chi connectivity index (χ0n) is 26.4. The molecule has 0 aliphatic heterocycles. The van der Waals surface area contributed by atoms with Gasteiger partial charge in [-0.15, -0.1) is 0 Å². The van der Waals surface area contributed by atoms with Crippen molar-refractivity contribution in [1.82, 2.24) is 9.97 Å². The van der Waals surface area contributed by atoms with E-state index >= 15 is 0 Å². The number of benzene rings is 5. The highest BCUT2D eigenvalue weighted by Crippen LogP contribution is 2.60. The van der Waals surface area contributed by atoms with Gasteiger partial charge < -0.3 is 4.42 Å². The first-order chi connectivity index (χ1) is 23.2. The van der Waals surface area contributed by atoms with Crippen LogP contribution in [0.5, 0.6) is 0 Å². The van der Waals surface area contributed by atoms with E-state index in [0.29, 0.717) is 5.41 Å². The minimum Gasteiger partial charge on any atom is -0.443 e. The molecule has 4 bridgehead atoms. The summed E-state index contributed by atoms with van der Waals surface area (Å²) in [6.45, 7) is 0. The summed E-state index contributed by atoms with van der Waals surface area (Å²) in [5.74, 6) is 2.83. The van der Waals surface area contributed by atoms with Crippen molar-refractivity contribution in [2.75, 3.05) is 0 Å². The van der Waals surface area contributed by atoms with Gasteiger partial charge in [0.25, 0.3) is 0 Å². The van der Waals surface area contributed by atoms with Crippen molar-refractivity contribution in [2.45, 2.75) is 43.9 Å². The van der Waals surface area contributed by atoms with Gasteiger partial charge in [-0.05, 0) is 113 Å². The maximum atomic E-state index is 5.85. The lowest BCUT2D eigenvalue weighted by molar-refractivity contribution is -0.00518. The summed E-state index contributed by atoms with van der Waals surface area (Å²) < 4.78 is 5.85. The molecule has 3 nitrogen and oxygen atoms in total. The Hall–Kier alpha value is -5.02. The van der Waals surface area contributed by atoms with Crippen LogP contribution < -0.4 is 0 Å². The Morgan fingerprint density at radius 1 is 0.532 bits per heavy atom. The number of oxazole rings is 1. The largest absolute Gasteiger partial charge is 0.443 e. The molecule has 47 heavy (non-hydrogen) atoms. The molecule has 2 aromatic heterocycles. The maximum Gasteiger partial charge on any atom is 0.182 e. The summed E-state index contributed by atoms with van der Waals surface area (Å²) in [5.41, 5.74) is 12.5. The van der Waals surface area contributed by atoms with Gasteiger partial charge in [-0.3, -0.25) is 0 Å². The summed E-state index contributed by atoms with van der Waals surface area (Å²) in [6.07, 6.45) is 10.1. The smallest absolute Gasteiger partial charge is 0.182 e. The molecule has 0 saturated heterocycles. The Bertz CT molecular complexity index is 2250. The van der Waals surface area contributed by atoms with Crippen molar-refractivity contribution in [2.24, 2.45) is 17.8 Å². The van der Waals surface area contributed by atoms with Crippen molar-refractivity contribution in [3.05, 3.63) is 133 Å². The van der Waals surface area contributed by atoms with E-state index in [1.54, 1.807) is 5.56 Å². The topological polar surface area (TPSA) is 38.9 Å². The van der Waals surface area contributed by atoms with Crippen molar-refractivity contribution in [3.63, 3.8) is 0 Å². The van der Waals surface area contributed by atoms with Crippen LogP contribution in [0.1, 0.15) is 44.1 Å². The van der Waals surface area contributed by atoms with Crippen molar-refractivity contribution in [3.8, 4) is 44.8 Å². The van der Waals surface area contributed by atoms with E-state index in [2.05, 4.69) is 120 Å². The second-order valence-corrected chi connectivity index (χ2v) is 14.5. The lowest BCUT2D eigenvalue weighted by Crippen LogP contribution is -2.48. The van der Waals surface area contributed by atoms with E-state index in [-0.39, 0.29) is 0 Å². The summed E-state index contributed by atoms with van der Waals surface area (Å²) >= 11 is 0. The molecule has 3 heteroatoms. The van der Waals surface area contributed by atoms with Crippen LogP contribution in [0.4, 0.5) is 0 Å². The summed E-state index contributed by atoms with van der Waals surface area (Å²) in [5, 5.41) is 2.39. The first-order valence-electron chi connectivity index (χ1n) is 17.2. The fraction of sp³-hybridized carbons (Fsp3) is 0.227. The SMILES string of the molecule is c1ccc(-c2cc(-c3ccc(-c4cccc5ncoc45)c4ccccc34)cc(-c3ccc(C45CC6CC(CC(C6)C4)C5)cc3)n2)cc1. The third-order valence-corrected chi connectivity index (χ3v) is 11.6. The van der Waals surface area contributed by atoms with Crippen LogP contribution in [0, 0.1) is 17.8 Å². The van der Waals surface area contributed by atoms with E-state index in [1.807, 2.05) is 6.07 Å². The molecule has 0 radical (unpaired) electrons. The zero-order valence-corrected chi connectivity index (χ0v) is 26.4. The highest BCUT2D eigenvalue weighted by molar-refractivity contribution is 6.08. The van der Waals surface area contributed by atoms with E-state index in [1.165, 1.54) is 72.4 Å². The fourth-order valence-electron chi connectivity index (χ4n) is 9.93. The molecule has 0 unspecified atom stereocenters. The molecule has 7 aromatic rings. The van der Waals surface area contributed by atoms with Crippen molar-refractivity contribution < 1.29 is 4.42 Å². The minimum absolute atomic E-state index is 0.397. The molecule has 11 rings (SSSR count). The maximum absolute atomic E-state index is 5.85. The van der Waals surface area contributed by atoms with Crippen LogP contribution in [0.2, 0.25) is 0 Å². The van der Waals surface area contributed by atoms with Gasteiger partial charge in [-0.1, -0.05) is 103 Å². The van der Waals surface area contributed by atoms with E-state index < -0.39 is 0 Å². The van der Waals surface area contributed by atoms with Crippen molar-refractivity contribution in [1.29, 1.82) is 0 Å². The Morgan fingerprint density at radius 2 is 1.15 bits per heavy atom. The van der Waals surface area contributed by atoms with E-state index in [4.69, 9.17) is 9.40 Å². The average Bonchev–Trinajstić information content (AvgIpc) is 3.61. The van der Waals surface area contributed by atoms with Gasteiger partial charge in [0.05, 0.1) is 11.4 Å². The lowest BCUT2D eigenvalue weighted by Gasteiger charge is -2.57. The molecule has 5 aromatic carbocycles. The molecule has 4 aliphatic rings. The molecule has 4 aliphatic carbocycles. The Kier molecular flexibility index (Phi) is 6.06. The molecule has 0 N–H and O–H groups in total. The Labute approximate surface area is 275 Å². The third kappa shape index (κ3) is 4.47. The standard InChI is InChI=1S/C44H36N2O/c1-2-7-31(8-3-1)41-22-33(35-17-18-38(37-10-5-4-9-36(35)37)39-11-6-12-40-43(39)47-27-45-40)23-42(46-41)32-13-15-34(16-14-32)44-24-28-19-29(25-44)21-30(20-28)26-44/h1-18,22-23,27-30H,19-21,24-26H2. The van der Waals surface area contributed by atoms with Crippen LogP contribution >= 0.6 is 0 Å². The van der Waals surface area contributed by atoms with Gasteiger partial charge >= 0.3 is 0 Å². The normalized spacial score (nSPS) is 23.1. The fourth-order valence-corrected chi connectivity index (χ4v) is 9.93. The predicted octanol–water partition coefficient (Wildman–Crippen LogP) is 11.5. The summed E-state index contributed by atoms with van der Waals surface area (Å²) in [6, 6.07) is 44.0.